The largest absolute Gasteiger partial charge is 0.425 e. The summed E-state index contributed by atoms with van der Waals surface area (Å²) in [4.78, 5) is 13.2. The number of aliphatic hydroxyl groups is 1. The molecule has 35 heavy (non-hydrogen) atoms. The van der Waals surface area contributed by atoms with E-state index in [4.69, 9.17) is 0 Å². The number of rotatable bonds is 3. The van der Waals surface area contributed by atoms with E-state index in [-0.39, 0.29) is 36.4 Å². The van der Waals surface area contributed by atoms with Crippen molar-refractivity contribution in [3.8, 4) is 0 Å². The molecule has 0 heterocycles. The summed E-state index contributed by atoms with van der Waals surface area (Å²) >= 11 is 1.61. The number of benzene rings is 1. The SMILES string of the molecule is CSc1ccc([C@H]2C[C@@]3(C)C(CC[C@@]3(O)C(C)(F)C(F)(F)F)C3CCC4=CC(=O)CCC4=C32)cc1. The molecule has 2 nitrogen and oxygen atoms in total. The summed E-state index contributed by atoms with van der Waals surface area (Å²) in [6, 6.07) is 8.05. The van der Waals surface area contributed by atoms with Crippen LogP contribution in [-0.4, -0.2) is 34.6 Å². The van der Waals surface area contributed by atoms with Gasteiger partial charge < -0.3 is 5.11 Å². The highest BCUT2D eigenvalue weighted by Gasteiger charge is 2.75. The Morgan fingerprint density at radius 2 is 1.74 bits per heavy atom. The van der Waals surface area contributed by atoms with Gasteiger partial charge in [-0.05, 0) is 98.5 Å². The van der Waals surface area contributed by atoms with Crippen LogP contribution in [0.15, 0.2) is 52.0 Å². The van der Waals surface area contributed by atoms with Gasteiger partial charge in [-0.25, -0.2) is 4.39 Å². The quantitative estimate of drug-likeness (QED) is 0.343. The van der Waals surface area contributed by atoms with Gasteiger partial charge in [-0.1, -0.05) is 24.6 Å². The van der Waals surface area contributed by atoms with Gasteiger partial charge in [0.2, 0.25) is 5.67 Å². The normalized spacial score (nSPS) is 36.7. The second-order valence-corrected chi connectivity index (χ2v) is 12.0. The molecule has 0 saturated heterocycles. The molecule has 0 aliphatic heterocycles. The fourth-order valence-electron chi connectivity index (χ4n) is 7.81. The van der Waals surface area contributed by atoms with Gasteiger partial charge in [-0.15, -0.1) is 11.8 Å². The maximum atomic E-state index is 15.6. The average Bonchev–Trinajstić information content (AvgIpc) is 3.09. The molecule has 1 aromatic carbocycles. The van der Waals surface area contributed by atoms with Gasteiger partial charge in [-0.3, -0.25) is 4.79 Å². The standard InChI is InChI=1S/C28H32F4O2S/c1-25-15-22(16-4-8-19(35-3)9-5-16)24-20-11-7-18(33)14-17(20)6-10-21(24)23(25)12-13-27(25,34)26(2,29)28(30,31)32/h4-5,8-9,14,21-23,34H,6-7,10-13,15H2,1-3H3/t21?,22-,23?,25+,26?,27+/m1/s1. The lowest BCUT2D eigenvalue weighted by Crippen LogP contribution is -2.65. The average molecular weight is 509 g/mol. The monoisotopic (exact) mass is 508 g/mol. The number of thioether (sulfide) groups is 1. The summed E-state index contributed by atoms with van der Waals surface area (Å²) < 4.78 is 57.5. The first kappa shape index (κ1) is 25.1. The molecule has 0 amide bonds. The van der Waals surface area contributed by atoms with E-state index in [1.807, 2.05) is 30.5 Å². The Balaban J connectivity index is 1.68. The van der Waals surface area contributed by atoms with Crippen LogP contribution in [0.3, 0.4) is 0 Å². The summed E-state index contributed by atoms with van der Waals surface area (Å²) in [6.07, 6.45) is 1.46. The maximum absolute atomic E-state index is 15.6. The smallest absolute Gasteiger partial charge is 0.386 e. The first-order valence-corrected chi connectivity index (χ1v) is 13.7. The number of carbonyl (C=O) groups excluding carboxylic acids is 1. The molecule has 0 bridgehead atoms. The molecule has 2 saturated carbocycles. The van der Waals surface area contributed by atoms with Crippen LogP contribution in [0.2, 0.25) is 0 Å². The van der Waals surface area contributed by atoms with Gasteiger partial charge in [0.15, 0.2) is 5.78 Å². The van der Waals surface area contributed by atoms with Crippen molar-refractivity contribution in [3.05, 3.63) is 52.6 Å². The van der Waals surface area contributed by atoms with E-state index in [0.717, 1.165) is 16.0 Å². The fraction of sp³-hybridized carbons (Fsp3) is 0.607. The van der Waals surface area contributed by atoms with Crippen LogP contribution in [0.25, 0.3) is 0 Å². The highest BCUT2D eigenvalue weighted by molar-refractivity contribution is 7.98. The minimum atomic E-state index is -5.17. The predicted molar refractivity (Wildman–Crippen MR) is 129 cm³/mol. The lowest BCUT2D eigenvalue weighted by Gasteiger charge is -2.57. The van der Waals surface area contributed by atoms with E-state index >= 15 is 4.39 Å². The number of allylic oxidation sites excluding steroid dienone is 4. The highest BCUT2D eigenvalue weighted by Crippen LogP contribution is 2.70. The van der Waals surface area contributed by atoms with Crippen molar-refractivity contribution in [2.24, 2.45) is 17.3 Å². The molecule has 1 N–H and O–H groups in total. The predicted octanol–water partition coefficient (Wildman–Crippen LogP) is 7.33. The van der Waals surface area contributed by atoms with Gasteiger partial charge in [0.1, 0.15) is 5.60 Å². The highest BCUT2D eigenvalue weighted by atomic mass is 32.2. The van der Waals surface area contributed by atoms with E-state index in [9.17, 15) is 23.1 Å². The van der Waals surface area contributed by atoms with Crippen LogP contribution in [0, 0.1) is 17.3 Å². The third-order valence-electron chi connectivity index (χ3n) is 9.71. The molecule has 190 valence electrons. The zero-order chi connectivity index (χ0) is 25.4. The third kappa shape index (κ3) is 3.51. The van der Waals surface area contributed by atoms with Gasteiger partial charge in [-0.2, -0.15) is 13.2 Å². The Kier molecular flexibility index (Phi) is 5.88. The lowest BCUT2D eigenvalue weighted by molar-refractivity contribution is -0.306. The van der Waals surface area contributed by atoms with Crippen LogP contribution in [-0.2, 0) is 4.79 Å². The number of fused-ring (bicyclic) bond motifs is 4. The molecule has 5 rings (SSSR count). The van der Waals surface area contributed by atoms with Crippen LogP contribution in [0.4, 0.5) is 17.6 Å². The Hall–Kier alpha value is -1.60. The summed E-state index contributed by atoms with van der Waals surface area (Å²) in [5, 5.41) is 11.6. The van der Waals surface area contributed by atoms with Crippen molar-refractivity contribution in [1.82, 2.24) is 0 Å². The van der Waals surface area contributed by atoms with E-state index in [1.165, 1.54) is 11.1 Å². The fourth-order valence-corrected chi connectivity index (χ4v) is 8.21. The van der Waals surface area contributed by atoms with Gasteiger partial charge >= 0.3 is 6.18 Å². The molecular formula is C28H32F4O2S. The topological polar surface area (TPSA) is 37.3 Å². The molecule has 3 unspecified atom stereocenters. The van der Waals surface area contributed by atoms with Crippen molar-refractivity contribution >= 4 is 17.5 Å². The number of alkyl halides is 4. The summed E-state index contributed by atoms with van der Waals surface area (Å²) in [5.74, 6) is -0.374. The molecule has 0 aromatic heterocycles. The van der Waals surface area contributed by atoms with Gasteiger partial charge in [0.05, 0.1) is 0 Å². The van der Waals surface area contributed by atoms with Crippen LogP contribution < -0.4 is 0 Å². The Bertz CT molecular complexity index is 1100. The Morgan fingerprint density at radius 1 is 1.06 bits per heavy atom. The molecule has 0 radical (unpaired) electrons. The van der Waals surface area contributed by atoms with E-state index < -0.39 is 22.9 Å². The van der Waals surface area contributed by atoms with E-state index in [1.54, 1.807) is 24.8 Å². The minimum Gasteiger partial charge on any atom is -0.386 e. The second-order valence-electron chi connectivity index (χ2n) is 11.2. The summed E-state index contributed by atoms with van der Waals surface area (Å²) in [7, 11) is 0. The molecule has 1 aromatic rings. The second kappa shape index (κ2) is 8.20. The first-order chi connectivity index (χ1) is 16.3. The molecule has 4 aliphatic carbocycles. The summed E-state index contributed by atoms with van der Waals surface area (Å²) in [5.41, 5.74) is -3.03. The Morgan fingerprint density at radius 3 is 2.37 bits per heavy atom. The number of ketones is 1. The molecule has 6 atom stereocenters. The third-order valence-corrected chi connectivity index (χ3v) is 10.5. The molecule has 7 heteroatoms. The first-order valence-electron chi connectivity index (χ1n) is 12.4. The van der Waals surface area contributed by atoms with Gasteiger partial charge in [0.25, 0.3) is 0 Å². The zero-order valence-electron chi connectivity index (χ0n) is 20.3. The van der Waals surface area contributed by atoms with Crippen LogP contribution in [0.1, 0.15) is 70.3 Å². The van der Waals surface area contributed by atoms with Crippen LogP contribution in [0.5, 0.6) is 0 Å². The van der Waals surface area contributed by atoms with Crippen molar-refractivity contribution in [1.29, 1.82) is 0 Å². The number of carbonyl (C=O) groups is 1. The van der Waals surface area contributed by atoms with Crippen molar-refractivity contribution in [2.45, 2.75) is 87.1 Å². The minimum absolute atomic E-state index is 0.0302. The molecule has 4 aliphatic rings. The van der Waals surface area contributed by atoms with Crippen molar-refractivity contribution < 1.29 is 27.5 Å². The van der Waals surface area contributed by atoms with E-state index in [2.05, 4.69) is 0 Å². The molecular weight excluding hydrogens is 476 g/mol. The molecule has 2 fully saturated rings. The number of halogens is 4. The maximum Gasteiger partial charge on any atom is 0.425 e. The van der Waals surface area contributed by atoms with Gasteiger partial charge in [0, 0.05) is 22.6 Å². The number of hydrogen-bond acceptors (Lipinski definition) is 3. The molecule has 0 spiro atoms. The zero-order valence-corrected chi connectivity index (χ0v) is 21.2. The van der Waals surface area contributed by atoms with Crippen molar-refractivity contribution in [2.75, 3.05) is 6.26 Å². The Labute approximate surface area is 208 Å². The lowest BCUT2D eigenvalue weighted by atomic mass is 9.49. The number of hydrogen-bond donors (Lipinski definition) is 1. The summed E-state index contributed by atoms with van der Waals surface area (Å²) in [6.45, 7) is 2.21. The van der Waals surface area contributed by atoms with E-state index in [0.29, 0.717) is 39.0 Å². The van der Waals surface area contributed by atoms with Crippen molar-refractivity contribution in [3.63, 3.8) is 0 Å². The van der Waals surface area contributed by atoms with Crippen LogP contribution >= 0.6 is 11.8 Å².